The second-order valence-electron chi connectivity index (χ2n) is 11.5. The Labute approximate surface area is 210 Å². The number of aromatic nitrogens is 2. The van der Waals surface area contributed by atoms with E-state index in [9.17, 15) is 18.0 Å². The normalized spacial score (nSPS) is 34.7. The van der Waals surface area contributed by atoms with Gasteiger partial charge in [0.05, 0.1) is 30.2 Å². The van der Waals surface area contributed by atoms with E-state index in [1.54, 1.807) is 7.11 Å². The Morgan fingerprint density at radius 1 is 1.25 bits per heavy atom. The molecule has 4 aliphatic rings. The molecule has 1 amide bonds. The maximum atomic E-state index is 14.1. The number of methoxy groups -OCH3 is 1. The lowest BCUT2D eigenvalue weighted by Crippen LogP contribution is -2.54. The molecule has 0 aromatic carbocycles. The van der Waals surface area contributed by atoms with E-state index in [-0.39, 0.29) is 35.4 Å². The van der Waals surface area contributed by atoms with Gasteiger partial charge in [-0.05, 0) is 56.3 Å². The minimum Gasteiger partial charge on any atom is -0.379 e. The van der Waals surface area contributed by atoms with Gasteiger partial charge in [0.25, 0.3) is 0 Å². The Hall–Kier alpha value is -1.94. The lowest BCUT2D eigenvalue weighted by atomic mass is 9.73. The van der Waals surface area contributed by atoms with Crippen molar-refractivity contribution < 1.29 is 27.4 Å². The summed E-state index contributed by atoms with van der Waals surface area (Å²) in [5, 5.41) is 0. The predicted octanol–water partition coefficient (Wildman–Crippen LogP) is 4.17. The van der Waals surface area contributed by atoms with Crippen LogP contribution in [0.25, 0.3) is 0 Å². The van der Waals surface area contributed by atoms with Crippen LogP contribution in [-0.2, 0) is 20.4 Å². The summed E-state index contributed by atoms with van der Waals surface area (Å²) >= 11 is 0. The summed E-state index contributed by atoms with van der Waals surface area (Å²) in [6.45, 7) is 6.79. The number of rotatable bonds is 6. The molecule has 3 saturated heterocycles. The first kappa shape index (κ1) is 25.7. The molecular formula is C26H37F3N4O3. The van der Waals surface area contributed by atoms with E-state index in [1.807, 2.05) is 9.80 Å². The number of piperazine rings is 1. The SMILES string of the molecule is CO[C@@H]1COCC[C@@H]1C[C@@H]1CC[C@@](C(=O)N2C[C@@H]3C[C@H]2CN3c2cc(C(F)(F)F)ncn2)(C(C)C)C1. The number of hydrogen-bond donors (Lipinski definition) is 0. The number of alkyl halides is 3. The zero-order valence-electron chi connectivity index (χ0n) is 21.3. The predicted molar refractivity (Wildman–Crippen MR) is 127 cm³/mol. The Morgan fingerprint density at radius 2 is 2.06 bits per heavy atom. The average molecular weight is 511 g/mol. The minimum absolute atomic E-state index is 0.00911. The zero-order chi connectivity index (χ0) is 25.7. The van der Waals surface area contributed by atoms with Crippen LogP contribution in [0.2, 0.25) is 0 Å². The molecule has 3 aliphatic heterocycles. The maximum Gasteiger partial charge on any atom is 0.433 e. The summed E-state index contributed by atoms with van der Waals surface area (Å²) in [6.07, 6.45) is 2.29. The van der Waals surface area contributed by atoms with Crippen LogP contribution in [0.1, 0.15) is 58.1 Å². The van der Waals surface area contributed by atoms with Crippen molar-refractivity contribution in [1.29, 1.82) is 0 Å². The van der Waals surface area contributed by atoms with E-state index in [4.69, 9.17) is 9.47 Å². The zero-order valence-corrected chi connectivity index (χ0v) is 21.3. The third-order valence-electron chi connectivity index (χ3n) is 9.30. The first-order valence-corrected chi connectivity index (χ1v) is 13.2. The molecule has 1 aromatic rings. The first-order valence-electron chi connectivity index (χ1n) is 13.2. The summed E-state index contributed by atoms with van der Waals surface area (Å²) in [4.78, 5) is 25.5. The van der Waals surface area contributed by atoms with Crippen molar-refractivity contribution in [3.63, 3.8) is 0 Å². The molecule has 1 aromatic heterocycles. The van der Waals surface area contributed by atoms with E-state index >= 15 is 0 Å². The lowest BCUT2D eigenvalue weighted by Gasteiger charge is -2.42. The average Bonchev–Trinajstić information content (AvgIpc) is 3.58. The highest BCUT2D eigenvalue weighted by Gasteiger charge is 2.54. The molecule has 6 atom stereocenters. The number of amides is 1. The molecule has 0 N–H and O–H groups in total. The number of anilines is 1. The van der Waals surface area contributed by atoms with E-state index in [0.29, 0.717) is 37.4 Å². The van der Waals surface area contributed by atoms with Crippen molar-refractivity contribution in [3.05, 3.63) is 18.1 Å². The van der Waals surface area contributed by atoms with Crippen molar-refractivity contribution in [1.82, 2.24) is 14.9 Å². The molecule has 1 saturated carbocycles. The number of likely N-dealkylation sites (tertiary alicyclic amines) is 1. The van der Waals surface area contributed by atoms with Gasteiger partial charge < -0.3 is 19.3 Å². The number of fused-ring (bicyclic) bond motifs is 2. The van der Waals surface area contributed by atoms with Gasteiger partial charge in [-0.15, -0.1) is 0 Å². The molecule has 2 bridgehead atoms. The number of carbonyl (C=O) groups is 1. The Kier molecular flexibility index (Phi) is 6.95. The van der Waals surface area contributed by atoms with Crippen molar-refractivity contribution in [2.45, 2.75) is 76.7 Å². The minimum atomic E-state index is -4.50. The second kappa shape index (κ2) is 9.74. The summed E-state index contributed by atoms with van der Waals surface area (Å²) in [5.41, 5.74) is -1.30. The van der Waals surface area contributed by atoms with Crippen LogP contribution < -0.4 is 4.90 Å². The molecule has 36 heavy (non-hydrogen) atoms. The standard InChI is InChI=1S/C26H37F3N4O3/c1-16(2)25(6-4-17(11-25)8-18-5-7-36-14-21(18)35-3)24(34)33-13-19-9-20(33)12-32(19)23-10-22(26(27,28)29)30-15-31-23/h10,15-21H,4-9,11-14H2,1-3H3/t17-,18+,19-,20-,21+,25-/m0/s1. The highest BCUT2D eigenvalue weighted by atomic mass is 19.4. The number of carbonyl (C=O) groups excluding carboxylic acids is 1. The lowest BCUT2D eigenvalue weighted by molar-refractivity contribution is -0.146. The van der Waals surface area contributed by atoms with Crippen LogP contribution in [0.5, 0.6) is 0 Å². The van der Waals surface area contributed by atoms with Gasteiger partial charge in [0.15, 0.2) is 0 Å². The Morgan fingerprint density at radius 3 is 2.72 bits per heavy atom. The molecule has 10 heteroatoms. The molecule has 0 radical (unpaired) electrons. The van der Waals surface area contributed by atoms with Crippen LogP contribution in [0.4, 0.5) is 19.0 Å². The molecule has 0 unspecified atom stereocenters. The second-order valence-corrected chi connectivity index (χ2v) is 11.5. The van der Waals surface area contributed by atoms with Crippen LogP contribution >= 0.6 is 0 Å². The summed E-state index contributed by atoms with van der Waals surface area (Å²) in [5.74, 6) is 1.73. The maximum absolute atomic E-state index is 14.1. The van der Waals surface area contributed by atoms with Crippen molar-refractivity contribution in [2.24, 2.45) is 23.2 Å². The number of hydrogen-bond acceptors (Lipinski definition) is 6. The number of halogens is 3. The fourth-order valence-electron chi connectivity index (χ4n) is 7.20. The van der Waals surface area contributed by atoms with Gasteiger partial charge in [0.2, 0.25) is 5.91 Å². The monoisotopic (exact) mass is 510 g/mol. The van der Waals surface area contributed by atoms with Gasteiger partial charge >= 0.3 is 6.18 Å². The molecule has 4 heterocycles. The van der Waals surface area contributed by atoms with E-state index in [0.717, 1.165) is 57.5 Å². The number of ether oxygens (including phenoxy) is 2. The van der Waals surface area contributed by atoms with Crippen LogP contribution in [0, 0.1) is 23.2 Å². The summed E-state index contributed by atoms with van der Waals surface area (Å²) in [6, 6.07) is 1.02. The molecule has 200 valence electrons. The third kappa shape index (κ3) is 4.59. The van der Waals surface area contributed by atoms with Gasteiger partial charge in [-0.25, -0.2) is 9.97 Å². The first-order chi connectivity index (χ1) is 17.1. The van der Waals surface area contributed by atoms with Crippen LogP contribution in [-0.4, -0.2) is 72.4 Å². The topological polar surface area (TPSA) is 67.8 Å². The fraction of sp³-hybridized carbons (Fsp3) is 0.808. The molecule has 0 spiro atoms. The van der Waals surface area contributed by atoms with Crippen molar-refractivity contribution >= 4 is 11.7 Å². The van der Waals surface area contributed by atoms with Crippen LogP contribution in [0.3, 0.4) is 0 Å². The van der Waals surface area contributed by atoms with Gasteiger partial charge in [-0.1, -0.05) is 13.8 Å². The summed E-state index contributed by atoms with van der Waals surface area (Å²) < 4.78 is 50.7. The highest BCUT2D eigenvalue weighted by Crippen LogP contribution is 2.52. The summed E-state index contributed by atoms with van der Waals surface area (Å²) in [7, 11) is 1.75. The molecule has 1 aliphatic carbocycles. The fourth-order valence-corrected chi connectivity index (χ4v) is 7.20. The van der Waals surface area contributed by atoms with E-state index in [1.165, 1.54) is 0 Å². The van der Waals surface area contributed by atoms with Crippen LogP contribution in [0.15, 0.2) is 12.4 Å². The van der Waals surface area contributed by atoms with Gasteiger partial charge in [-0.3, -0.25) is 4.79 Å². The van der Waals surface area contributed by atoms with Gasteiger partial charge in [-0.2, -0.15) is 13.2 Å². The van der Waals surface area contributed by atoms with Gasteiger partial charge in [0.1, 0.15) is 17.8 Å². The largest absolute Gasteiger partial charge is 0.433 e. The smallest absolute Gasteiger partial charge is 0.379 e. The third-order valence-corrected chi connectivity index (χ3v) is 9.30. The number of nitrogens with zero attached hydrogens (tertiary/aromatic N) is 4. The molecular weight excluding hydrogens is 473 g/mol. The Balaban J connectivity index is 1.26. The quantitative estimate of drug-likeness (QED) is 0.572. The molecule has 4 fully saturated rings. The highest BCUT2D eigenvalue weighted by molar-refractivity contribution is 5.84. The van der Waals surface area contributed by atoms with Gasteiger partial charge in [0, 0.05) is 32.9 Å². The van der Waals surface area contributed by atoms with E-state index < -0.39 is 11.9 Å². The van der Waals surface area contributed by atoms with Crippen molar-refractivity contribution in [2.75, 3.05) is 38.3 Å². The van der Waals surface area contributed by atoms with E-state index in [2.05, 4.69) is 23.8 Å². The molecule has 5 rings (SSSR count). The van der Waals surface area contributed by atoms with Crippen molar-refractivity contribution in [3.8, 4) is 0 Å². The Bertz CT molecular complexity index is 961. The molecule has 7 nitrogen and oxygen atoms in total.